The molecule has 1 aliphatic rings. The summed E-state index contributed by atoms with van der Waals surface area (Å²) in [6.07, 6.45) is 4.21. The van der Waals surface area contributed by atoms with Crippen LogP contribution in [0.4, 0.5) is 0 Å². The molecule has 0 aromatic heterocycles. The average molecular weight is 438 g/mol. The first-order valence-electron chi connectivity index (χ1n) is 10.9. The van der Waals surface area contributed by atoms with Crippen molar-refractivity contribution in [3.63, 3.8) is 0 Å². The van der Waals surface area contributed by atoms with E-state index >= 15 is 0 Å². The minimum absolute atomic E-state index is 0.0628. The van der Waals surface area contributed by atoms with E-state index in [1.165, 1.54) is 16.4 Å². The van der Waals surface area contributed by atoms with Crippen molar-refractivity contribution < 1.29 is 18.0 Å². The quantitative estimate of drug-likeness (QED) is 0.677. The van der Waals surface area contributed by atoms with Gasteiger partial charge in [-0.1, -0.05) is 46.6 Å². The molecule has 1 aromatic carbocycles. The van der Waals surface area contributed by atoms with Gasteiger partial charge in [0.15, 0.2) is 0 Å². The average Bonchev–Trinajstić information content (AvgIpc) is 3.01. The Labute approximate surface area is 180 Å². The zero-order chi connectivity index (χ0) is 22.3. The monoisotopic (exact) mass is 437 g/mol. The Bertz CT molecular complexity index is 827. The summed E-state index contributed by atoms with van der Waals surface area (Å²) in [7, 11) is -3.66. The molecule has 2 amide bonds. The molecular formula is C22H35N3O4S. The van der Waals surface area contributed by atoms with Crippen molar-refractivity contribution in [2.45, 2.75) is 64.3 Å². The fraction of sp³-hybridized carbons (Fsp3) is 0.636. The van der Waals surface area contributed by atoms with E-state index in [9.17, 15) is 18.0 Å². The van der Waals surface area contributed by atoms with Gasteiger partial charge in [0.25, 0.3) is 5.91 Å². The maximum Gasteiger partial charge on any atom is 0.251 e. The molecular weight excluding hydrogens is 402 g/mol. The third-order valence-electron chi connectivity index (χ3n) is 5.58. The number of nitrogens with one attached hydrogen (secondary N) is 1. The van der Waals surface area contributed by atoms with Gasteiger partial charge in [0.05, 0.1) is 4.90 Å². The van der Waals surface area contributed by atoms with Crippen molar-refractivity contribution in [3.05, 3.63) is 29.8 Å². The number of sulfonamides is 1. The lowest BCUT2D eigenvalue weighted by Crippen LogP contribution is -2.51. The minimum Gasteiger partial charge on any atom is -0.341 e. The maximum atomic E-state index is 13.1. The summed E-state index contributed by atoms with van der Waals surface area (Å²) in [5.74, 6) is -0.576. The van der Waals surface area contributed by atoms with Crippen molar-refractivity contribution >= 4 is 21.8 Å². The molecule has 168 valence electrons. The highest BCUT2D eigenvalue weighted by atomic mass is 32.2. The number of carbonyl (C=O) groups is 2. The lowest BCUT2D eigenvalue weighted by Gasteiger charge is -2.29. The first kappa shape index (κ1) is 24.3. The second-order valence-corrected chi connectivity index (χ2v) is 9.99. The number of rotatable bonds is 8. The van der Waals surface area contributed by atoms with Gasteiger partial charge in [0.2, 0.25) is 15.9 Å². The van der Waals surface area contributed by atoms with Crippen LogP contribution in [-0.4, -0.2) is 61.7 Å². The van der Waals surface area contributed by atoms with E-state index in [2.05, 4.69) is 5.32 Å². The molecule has 1 saturated heterocycles. The van der Waals surface area contributed by atoms with E-state index < -0.39 is 22.0 Å². The molecule has 0 bridgehead atoms. The lowest BCUT2D eigenvalue weighted by atomic mass is 10.0. The molecule has 1 fully saturated rings. The van der Waals surface area contributed by atoms with E-state index in [0.29, 0.717) is 13.1 Å². The van der Waals surface area contributed by atoms with E-state index in [1.54, 1.807) is 26.0 Å². The lowest BCUT2D eigenvalue weighted by molar-refractivity contribution is -0.134. The molecule has 0 radical (unpaired) electrons. The molecule has 1 aliphatic heterocycles. The van der Waals surface area contributed by atoms with Crippen LogP contribution in [-0.2, 0) is 14.8 Å². The molecule has 2 rings (SSSR count). The van der Waals surface area contributed by atoms with Gasteiger partial charge < -0.3 is 10.2 Å². The number of carbonyl (C=O) groups excluding carboxylic acids is 2. The highest BCUT2D eigenvalue weighted by Crippen LogP contribution is 2.18. The molecule has 1 heterocycles. The van der Waals surface area contributed by atoms with Crippen LogP contribution in [0.1, 0.15) is 63.7 Å². The Morgan fingerprint density at radius 2 is 1.67 bits per heavy atom. The summed E-state index contributed by atoms with van der Waals surface area (Å²) in [5.41, 5.74) is 0.234. The number of hydrogen-bond donors (Lipinski definition) is 1. The van der Waals surface area contributed by atoms with Gasteiger partial charge >= 0.3 is 0 Å². The summed E-state index contributed by atoms with van der Waals surface area (Å²) >= 11 is 0. The molecule has 0 spiro atoms. The fourth-order valence-electron chi connectivity index (χ4n) is 3.74. The zero-order valence-electron chi connectivity index (χ0n) is 18.6. The van der Waals surface area contributed by atoms with E-state index in [-0.39, 0.29) is 22.3 Å². The van der Waals surface area contributed by atoms with Crippen LogP contribution >= 0.6 is 0 Å². The third kappa shape index (κ3) is 5.82. The van der Waals surface area contributed by atoms with Gasteiger partial charge in [-0.3, -0.25) is 9.59 Å². The molecule has 1 aromatic rings. The number of hydrogen-bond acceptors (Lipinski definition) is 4. The SMILES string of the molecule is CCN(CC)S(=O)(=O)c1cccc(C(=O)N[C@H](C(=O)N2CCCCCC2)C(C)C)c1. The summed E-state index contributed by atoms with van der Waals surface area (Å²) in [4.78, 5) is 27.9. The van der Waals surface area contributed by atoms with Gasteiger partial charge in [-0.15, -0.1) is 0 Å². The highest BCUT2D eigenvalue weighted by molar-refractivity contribution is 7.89. The Morgan fingerprint density at radius 1 is 1.07 bits per heavy atom. The fourth-order valence-corrected chi connectivity index (χ4v) is 5.24. The van der Waals surface area contributed by atoms with Crippen LogP contribution in [0.15, 0.2) is 29.2 Å². The molecule has 0 aliphatic carbocycles. The summed E-state index contributed by atoms with van der Waals surface area (Å²) in [5, 5.41) is 2.85. The second kappa shape index (κ2) is 10.9. The maximum absolute atomic E-state index is 13.1. The van der Waals surface area contributed by atoms with Crippen LogP contribution in [0.5, 0.6) is 0 Å². The molecule has 7 nitrogen and oxygen atoms in total. The Morgan fingerprint density at radius 3 is 2.20 bits per heavy atom. The number of nitrogens with zero attached hydrogens (tertiary/aromatic N) is 2. The minimum atomic E-state index is -3.66. The molecule has 0 saturated carbocycles. The molecule has 1 atom stereocenters. The predicted octanol–water partition coefficient (Wildman–Crippen LogP) is 2.87. The predicted molar refractivity (Wildman–Crippen MR) is 118 cm³/mol. The van der Waals surface area contributed by atoms with Crippen LogP contribution in [0, 0.1) is 5.92 Å². The van der Waals surface area contributed by atoms with Crippen LogP contribution in [0.25, 0.3) is 0 Å². The number of amides is 2. The van der Waals surface area contributed by atoms with Crippen molar-refractivity contribution in [2.75, 3.05) is 26.2 Å². The Kier molecular flexibility index (Phi) is 8.85. The smallest absolute Gasteiger partial charge is 0.251 e. The first-order valence-corrected chi connectivity index (χ1v) is 12.4. The van der Waals surface area contributed by atoms with Crippen molar-refractivity contribution in [2.24, 2.45) is 5.92 Å². The van der Waals surface area contributed by atoms with Gasteiger partial charge in [-0.05, 0) is 37.0 Å². The molecule has 8 heteroatoms. The van der Waals surface area contributed by atoms with Gasteiger partial charge in [-0.2, -0.15) is 4.31 Å². The van der Waals surface area contributed by atoms with Crippen molar-refractivity contribution in [3.8, 4) is 0 Å². The summed E-state index contributed by atoms with van der Waals surface area (Å²) in [6, 6.07) is 5.37. The second-order valence-electron chi connectivity index (χ2n) is 8.05. The summed E-state index contributed by atoms with van der Waals surface area (Å²) in [6.45, 7) is 9.51. The Hall–Kier alpha value is -1.93. The topological polar surface area (TPSA) is 86.8 Å². The number of benzene rings is 1. The van der Waals surface area contributed by atoms with E-state index in [1.807, 2.05) is 18.7 Å². The molecule has 0 unspecified atom stereocenters. The van der Waals surface area contributed by atoms with Crippen molar-refractivity contribution in [1.82, 2.24) is 14.5 Å². The molecule has 30 heavy (non-hydrogen) atoms. The first-order chi connectivity index (χ1) is 14.2. The largest absolute Gasteiger partial charge is 0.341 e. The standard InChI is InChI=1S/C22H35N3O4S/c1-5-25(6-2)30(28,29)19-13-11-12-18(16-19)21(26)23-20(17(3)4)22(27)24-14-9-7-8-10-15-24/h11-13,16-17,20H,5-10,14-15H2,1-4H3,(H,23,26)/t20-/m0/s1. The van der Waals surface area contributed by atoms with Crippen LogP contribution < -0.4 is 5.32 Å². The van der Waals surface area contributed by atoms with Gasteiger partial charge in [-0.25, -0.2) is 8.42 Å². The zero-order valence-corrected chi connectivity index (χ0v) is 19.4. The van der Waals surface area contributed by atoms with Crippen LogP contribution in [0.3, 0.4) is 0 Å². The van der Waals surface area contributed by atoms with Crippen molar-refractivity contribution in [1.29, 1.82) is 0 Å². The third-order valence-corrected chi connectivity index (χ3v) is 7.62. The number of likely N-dealkylation sites (tertiary alicyclic amines) is 1. The van der Waals surface area contributed by atoms with Crippen LogP contribution in [0.2, 0.25) is 0 Å². The van der Waals surface area contributed by atoms with Gasteiger partial charge in [0.1, 0.15) is 6.04 Å². The van der Waals surface area contributed by atoms with E-state index in [0.717, 1.165) is 38.8 Å². The van der Waals surface area contributed by atoms with Gasteiger partial charge in [0, 0.05) is 31.7 Å². The summed E-state index contributed by atoms with van der Waals surface area (Å²) < 4.78 is 26.9. The highest BCUT2D eigenvalue weighted by Gasteiger charge is 2.30. The molecule has 1 N–H and O–H groups in total. The van der Waals surface area contributed by atoms with E-state index in [4.69, 9.17) is 0 Å². The normalized spacial score (nSPS) is 16.4. The Balaban J connectivity index is 2.21.